The van der Waals surface area contributed by atoms with E-state index in [1.165, 1.54) is 24.3 Å². The predicted octanol–water partition coefficient (Wildman–Crippen LogP) is 2.72. The quantitative estimate of drug-likeness (QED) is 0.653. The summed E-state index contributed by atoms with van der Waals surface area (Å²) in [6.07, 6.45) is 0.841. The first kappa shape index (κ1) is 14.6. The molecule has 0 fully saturated rings. The van der Waals surface area contributed by atoms with Crippen molar-refractivity contribution in [2.75, 3.05) is 0 Å². The first-order valence-electron chi connectivity index (χ1n) is 6.23. The van der Waals surface area contributed by atoms with E-state index in [0.717, 1.165) is 11.6 Å². The highest BCUT2D eigenvalue weighted by Crippen LogP contribution is 2.14. The van der Waals surface area contributed by atoms with Gasteiger partial charge >= 0.3 is 0 Å². The highest BCUT2D eigenvalue weighted by atomic mass is 19.1. The molecule has 0 saturated heterocycles. The second-order valence-electron chi connectivity index (χ2n) is 4.63. The molecule has 0 heterocycles. The normalized spacial score (nSPS) is 12.4. The Morgan fingerprint density at radius 3 is 2.15 bits per heavy atom. The molecule has 0 bridgehead atoms. The molecule has 2 rings (SSSR count). The van der Waals surface area contributed by atoms with E-state index in [9.17, 15) is 13.2 Å². The zero-order valence-corrected chi connectivity index (χ0v) is 10.7. The zero-order chi connectivity index (χ0) is 14.5. The maximum absolute atomic E-state index is 13.6. The van der Waals surface area contributed by atoms with Crippen LogP contribution in [0, 0.1) is 17.5 Å². The van der Waals surface area contributed by atoms with Crippen LogP contribution in [-0.4, -0.2) is 6.04 Å². The molecule has 1 atom stereocenters. The standard InChI is InChI=1S/C15H15F3N2/c16-12-4-1-10(2-5-12)7-14(20-19)8-11-3-6-13(17)9-15(11)18/h1-6,9,14,20H,7-8,19H2. The van der Waals surface area contributed by atoms with Crippen LogP contribution < -0.4 is 11.3 Å². The number of hydrogen-bond acceptors (Lipinski definition) is 2. The maximum Gasteiger partial charge on any atom is 0.129 e. The van der Waals surface area contributed by atoms with Gasteiger partial charge in [-0.1, -0.05) is 18.2 Å². The minimum atomic E-state index is -0.609. The molecule has 0 aliphatic heterocycles. The molecule has 20 heavy (non-hydrogen) atoms. The van der Waals surface area contributed by atoms with Crippen LogP contribution in [0.1, 0.15) is 11.1 Å². The van der Waals surface area contributed by atoms with Gasteiger partial charge in [0.1, 0.15) is 17.5 Å². The van der Waals surface area contributed by atoms with Crippen molar-refractivity contribution < 1.29 is 13.2 Å². The third kappa shape index (κ3) is 3.82. The molecule has 2 nitrogen and oxygen atoms in total. The fraction of sp³-hybridized carbons (Fsp3) is 0.200. The molecule has 2 aromatic rings. The first-order valence-corrected chi connectivity index (χ1v) is 6.23. The molecule has 1 unspecified atom stereocenters. The van der Waals surface area contributed by atoms with Gasteiger partial charge in [-0.2, -0.15) is 0 Å². The SMILES string of the molecule is NNC(Cc1ccc(F)cc1)Cc1ccc(F)cc1F. The van der Waals surface area contributed by atoms with Gasteiger partial charge in [0.25, 0.3) is 0 Å². The summed E-state index contributed by atoms with van der Waals surface area (Å²) in [6, 6.07) is 9.27. The van der Waals surface area contributed by atoms with E-state index < -0.39 is 11.6 Å². The molecule has 0 aliphatic carbocycles. The lowest BCUT2D eigenvalue weighted by molar-refractivity contribution is 0.502. The van der Waals surface area contributed by atoms with Crippen molar-refractivity contribution in [2.24, 2.45) is 5.84 Å². The Bertz CT molecular complexity index is 570. The Kier molecular flexibility index (Phi) is 4.76. The molecule has 0 spiro atoms. The van der Waals surface area contributed by atoms with Crippen LogP contribution in [0.4, 0.5) is 13.2 Å². The molecule has 2 aromatic carbocycles. The minimum Gasteiger partial charge on any atom is -0.271 e. The van der Waals surface area contributed by atoms with E-state index >= 15 is 0 Å². The Morgan fingerprint density at radius 1 is 0.900 bits per heavy atom. The van der Waals surface area contributed by atoms with E-state index in [1.807, 2.05) is 0 Å². The second kappa shape index (κ2) is 6.54. The summed E-state index contributed by atoms with van der Waals surface area (Å²) in [4.78, 5) is 0. The second-order valence-corrected chi connectivity index (χ2v) is 4.63. The number of nitrogens with one attached hydrogen (secondary N) is 1. The van der Waals surface area contributed by atoms with Gasteiger partial charge in [0, 0.05) is 12.1 Å². The van der Waals surface area contributed by atoms with Crippen molar-refractivity contribution in [3.05, 3.63) is 71.0 Å². The van der Waals surface area contributed by atoms with Crippen LogP contribution in [0.3, 0.4) is 0 Å². The molecule has 0 aromatic heterocycles. The number of benzene rings is 2. The molecule has 5 heteroatoms. The van der Waals surface area contributed by atoms with Gasteiger partial charge in [0.15, 0.2) is 0 Å². The van der Waals surface area contributed by atoms with Crippen LogP contribution >= 0.6 is 0 Å². The summed E-state index contributed by atoms with van der Waals surface area (Å²) in [5, 5.41) is 0. The van der Waals surface area contributed by atoms with Gasteiger partial charge < -0.3 is 0 Å². The molecule has 3 N–H and O–H groups in total. The Hall–Kier alpha value is -1.85. The molecule has 0 aliphatic rings. The lowest BCUT2D eigenvalue weighted by Gasteiger charge is -2.16. The van der Waals surface area contributed by atoms with E-state index in [-0.39, 0.29) is 11.9 Å². The summed E-state index contributed by atoms with van der Waals surface area (Å²) in [5.74, 6) is 3.95. The summed E-state index contributed by atoms with van der Waals surface area (Å²) >= 11 is 0. The molecule has 0 amide bonds. The lowest BCUT2D eigenvalue weighted by Crippen LogP contribution is -2.38. The molecule has 0 saturated carbocycles. The monoisotopic (exact) mass is 280 g/mol. The average molecular weight is 280 g/mol. The number of halogens is 3. The van der Waals surface area contributed by atoms with Crippen LogP contribution in [0.25, 0.3) is 0 Å². The lowest BCUT2D eigenvalue weighted by atomic mass is 9.99. The minimum absolute atomic E-state index is 0.222. The van der Waals surface area contributed by atoms with Crippen molar-refractivity contribution in [2.45, 2.75) is 18.9 Å². The largest absolute Gasteiger partial charge is 0.271 e. The van der Waals surface area contributed by atoms with E-state index in [4.69, 9.17) is 5.84 Å². The third-order valence-corrected chi connectivity index (χ3v) is 3.11. The van der Waals surface area contributed by atoms with E-state index in [1.54, 1.807) is 12.1 Å². The van der Waals surface area contributed by atoms with Gasteiger partial charge in [-0.05, 0) is 42.2 Å². The van der Waals surface area contributed by atoms with Gasteiger partial charge in [-0.15, -0.1) is 0 Å². The Morgan fingerprint density at radius 2 is 1.55 bits per heavy atom. The number of rotatable bonds is 5. The van der Waals surface area contributed by atoms with Crippen molar-refractivity contribution in [1.82, 2.24) is 5.43 Å². The van der Waals surface area contributed by atoms with Gasteiger partial charge in [-0.3, -0.25) is 11.3 Å². The zero-order valence-electron chi connectivity index (χ0n) is 10.7. The summed E-state index contributed by atoms with van der Waals surface area (Å²) in [7, 11) is 0. The highest BCUT2D eigenvalue weighted by Gasteiger charge is 2.12. The maximum atomic E-state index is 13.6. The van der Waals surface area contributed by atoms with E-state index in [0.29, 0.717) is 18.4 Å². The number of nitrogens with two attached hydrogens (primary N) is 1. The predicted molar refractivity (Wildman–Crippen MR) is 71.3 cm³/mol. The molecular formula is C15H15F3N2. The van der Waals surface area contributed by atoms with Crippen LogP contribution in [-0.2, 0) is 12.8 Å². The molecular weight excluding hydrogens is 265 g/mol. The third-order valence-electron chi connectivity index (χ3n) is 3.11. The van der Waals surface area contributed by atoms with E-state index in [2.05, 4.69) is 5.43 Å². The topological polar surface area (TPSA) is 38.0 Å². The summed E-state index contributed by atoms with van der Waals surface area (Å²) in [5.41, 5.74) is 3.87. The van der Waals surface area contributed by atoms with Crippen molar-refractivity contribution in [1.29, 1.82) is 0 Å². The Labute approximate surface area is 115 Å². The van der Waals surface area contributed by atoms with Crippen molar-refractivity contribution in [3.8, 4) is 0 Å². The van der Waals surface area contributed by atoms with Crippen LogP contribution in [0.2, 0.25) is 0 Å². The van der Waals surface area contributed by atoms with Crippen molar-refractivity contribution >= 4 is 0 Å². The Balaban J connectivity index is 2.07. The first-order chi connectivity index (χ1) is 9.58. The summed E-state index contributed by atoms with van der Waals surface area (Å²) in [6.45, 7) is 0. The average Bonchev–Trinajstić information content (AvgIpc) is 2.43. The van der Waals surface area contributed by atoms with Crippen molar-refractivity contribution in [3.63, 3.8) is 0 Å². The summed E-state index contributed by atoms with van der Waals surface area (Å²) < 4.78 is 39.2. The highest BCUT2D eigenvalue weighted by molar-refractivity contribution is 5.22. The number of hydrogen-bond donors (Lipinski definition) is 2. The van der Waals surface area contributed by atoms with Crippen LogP contribution in [0.15, 0.2) is 42.5 Å². The molecule has 0 radical (unpaired) electrons. The van der Waals surface area contributed by atoms with Crippen LogP contribution in [0.5, 0.6) is 0 Å². The fourth-order valence-corrected chi connectivity index (χ4v) is 2.05. The fourth-order valence-electron chi connectivity index (χ4n) is 2.05. The smallest absolute Gasteiger partial charge is 0.129 e. The van der Waals surface area contributed by atoms with Gasteiger partial charge in [-0.25, -0.2) is 13.2 Å². The van der Waals surface area contributed by atoms with Gasteiger partial charge in [0.05, 0.1) is 0 Å². The number of hydrazine groups is 1. The van der Waals surface area contributed by atoms with Gasteiger partial charge in [0.2, 0.25) is 0 Å². The molecule has 106 valence electrons.